The van der Waals surface area contributed by atoms with Gasteiger partial charge in [0.1, 0.15) is 0 Å². The van der Waals surface area contributed by atoms with Crippen LogP contribution in [0, 0.1) is 0 Å². The standard InChI is InChI=1S/C10H22N2O6P/c13-7-5-11-1-3-12(4-2-11)6-8-17-9-10-18-19(14,15)16/h1-10H2,(H2,14,15,16). The van der Waals surface area contributed by atoms with Crippen LogP contribution in [0.2, 0.25) is 0 Å². The largest absolute Gasteiger partial charge is 0.469 e. The van der Waals surface area contributed by atoms with Crippen molar-refractivity contribution in [2.24, 2.45) is 0 Å². The van der Waals surface area contributed by atoms with Crippen LogP contribution in [0.5, 0.6) is 0 Å². The van der Waals surface area contributed by atoms with Crippen LogP contribution in [0.1, 0.15) is 0 Å². The molecular weight excluding hydrogens is 275 g/mol. The van der Waals surface area contributed by atoms with Crippen LogP contribution < -0.4 is 0 Å². The Labute approximate surface area is 113 Å². The van der Waals surface area contributed by atoms with E-state index in [4.69, 9.17) is 14.5 Å². The van der Waals surface area contributed by atoms with E-state index in [0.717, 1.165) is 32.7 Å². The number of hydrogen-bond acceptors (Lipinski definition) is 5. The number of phosphoric acid groups is 1. The third-order valence-electron chi connectivity index (χ3n) is 2.91. The average molecular weight is 297 g/mol. The maximum absolute atomic E-state index is 10.5. The monoisotopic (exact) mass is 297 g/mol. The van der Waals surface area contributed by atoms with Crippen molar-refractivity contribution >= 4 is 7.82 Å². The van der Waals surface area contributed by atoms with E-state index in [1.54, 1.807) is 0 Å². The molecule has 1 aliphatic rings. The molecule has 0 aromatic heterocycles. The maximum Gasteiger partial charge on any atom is 0.469 e. The number of rotatable bonds is 9. The van der Waals surface area contributed by atoms with Crippen molar-refractivity contribution in [2.75, 3.05) is 65.7 Å². The van der Waals surface area contributed by atoms with E-state index in [-0.39, 0.29) is 19.8 Å². The Kier molecular flexibility index (Phi) is 8.05. The molecule has 0 atom stereocenters. The fraction of sp³-hybridized carbons (Fsp3) is 1.00. The van der Waals surface area contributed by atoms with E-state index >= 15 is 0 Å². The molecule has 0 aliphatic carbocycles. The van der Waals surface area contributed by atoms with Gasteiger partial charge in [-0.25, -0.2) is 9.67 Å². The molecule has 1 heterocycles. The predicted molar refractivity (Wildman–Crippen MR) is 67.2 cm³/mol. The van der Waals surface area contributed by atoms with Gasteiger partial charge in [0.2, 0.25) is 0 Å². The molecule has 1 aliphatic heterocycles. The van der Waals surface area contributed by atoms with Gasteiger partial charge in [-0.15, -0.1) is 0 Å². The minimum Gasteiger partial charge on any atom is -0.378 e. The first-order chi connectivity index (χ1) is 9.01. The van der Waals surface area contributed by atoms with Gasteiger partial charge in [0.15, 0.2) is 0 Å². The van der Waals surface area contributed by atoms with Crippen LogP contribution in [0.15, 0.2) is 0 Å². The van der Waals surface area contributed by atoms with Gasteiger partial charge in [-0.05, 0) is 0 Å². The van der Waals surface area contributed by atoms with Crippen LogP contribution in [-0.2, 0) is 18.9 Å². The second-order valence-electron chi connectivity index (χ2n) is 4.32. The minimum absolute atomic E-state index is 0.0529. The molecule has 0 unspecified atom stereocenters. The molecule has 1 radical (unpaired) electrons. The van der Waals surface area contributed by atoms with Gasteiger partial charge in [-0.2, -0.15) is 0 Å². The first-order valence-corrected chi connectivity index (χ1v) is 7.85. The van der Waals surface area contributed by atoms with Crippen LogP contribution >= 0.6 is 7.82 Å². The lowest BCUT2D eigenvalue weighted by atomic mass is 10.3. The highest BCUT2D eigenvalue weighted by Crippen LogP contribution is 2.35. The zero-order chi connectivity index (χ0) is 14.1. The van der Waals surface area contributed by atoms with Crippen molar-refractivity contribution in [2.45, 2.75) is 0 Å². The Morgan fingerprint density at radius 1 is 0.947 bits per heavy atom. The van der Waals surface area contributed by atoms with E-state index in [1.807, 2.05) is 0 Å². The second-order valence-corrected chi connectivity index (χ2v) is 5.56. The van der Waals surface area contributed by atoms with Gasteiger partial charge in [-0.3, -0.25) is 14.3 Å². The highest BCUT2D eigenvalue weighted by atomic mass is 31.2. The fourth-order valence-electron chi connectivity index (χ4n) is 1.88. The zero-order valence-electron chi connectivity index (χ0n) is 10.9. The van der Waals surface area contributed by atoms with E-state index < -0.39 is 7.82 Å². The summed E-state index contributed by atoms with van der Waals surface area (Å²) in [5.41, 5.74) is 0. The van der Waals surface area contributed by atoms with Crippen molar-refractivity contribution in [1.82, 2.24) is 9.80 Å². The lowest BCUT2D eigenvalue weighted by Crippen LogP contribution is -2.47. The summed E-state index contributed by atoms with van der Waals surface area (Å²) in [6.45, 7) is 5.56. The molecule has 2 N–H and O–H groups in total. The highest BCUT2D eigenvalue weighted by molar-refractivity contribution is 7.46. The van der Waals surface area contributed by atoms with Gasteiger partial charge >= 0.3 is 7.82 Å². The molecular formula is C10H22N2O6P. The quantitative estimate of drug-likeness (QED) is 0.422. The van der Waals surface area contributed by atoms with E-state index in [9.17, 15) is 9.67 Å². The number of nitrogens with zero attached hydrogens (tertiary/aromatic N) is 2. The molecule has 0 amide bonds. The Bertz CT molecular complexity index is 279. The number of piperazine rings is 1. The Morgan fingerprint density at radius 2 is 1.53 bits per heavy atom. The van der Waals surface area contributed by atoms with Gasteiger partial charge in [0, 0.05) is 39.3 Å². The van der Waals surface area contributed by atoms with Crippen molar-refractivity contribution < 1.29 is 28.7 Å². The number of hydrogen-bond donors (Lipinski definition) is 2. The molecule has 8 nitrogen and oxygen atoms in total. The summed E-state index contributed by atoms with van der Waals surface area (Å²) in [6.07, 6.45) is 0. The number of phosphoric ester groups is 1. The Morgan fingerprint density at radius 3 is 2.05 bits per heavy atom. The van der Waals surface area contributed by atoms with Gasteiger partial charge < -0.3 is 14.5 Å². The number of ether oxygens (including phenoxy) is 1. The Hall–Kier alpha value is -0.0500. The molecule has 19 heavy (non-hydrogen) atoms. The lowest BCUT2D eigenvalue weighted by Gasteiger charge is -2.34. The van der Waals surface area contributed by atoms with Crippen LogP contribution in [0.25, 0.3) is 0 Å². The molecule has 0 aromatic carbocycles. The van der Waals surface area contributed by atoms with Crippen molar-refractivity contribution in [1.29, 1.82) is 0 Å². The van der Waals surface area contributed by atoms with E-state index in [1.165, 1.54) is 0 Å². The molecule has 1 rings (SSSR count). The highest BCUT2D eigenvalue weighted by Gasteiger charge is 2.16. The predicted octanol–water partition coefficient (Wildman–Crippen LogP) is -0.840. The summed E-state index contributed by atoms with van der Waals surface area (Å²) in [6, 6.07) is 0. The Balaban J connectivity index is 1.95. The van der Waals surface area contributed by atoms with Gasteiger partial charge in [0.05, 0.1) is 26.4 Å². The van der Waals surface area contributed by atoms with Crippen molar-refractivity contribution in [3.63, 3.8) is 0 Å². The molecule has 113 valence electrons. The first-order valence-electron chi connectivity index (χ1n) is 6.32. The zero-order valence-corrected chi connectivity index (χ0v) is 11.8. The summed E-state index contributed by atoms with van der Waals surface area (Å²) in [7, 11) is -4.38. The summed E-state index contributed by atoms with van der Waals surface area (Å²) < 4.78 is 19.9. The molecule has 1 fully saturated rings. The van der Waals surface area contributed by atoms with Gasteiger partial charge in [0.25, 0.3) is 0 Å². The molecule has 0 aromatic rings. The first kappa shape index (κ1) is 17.0. The SMILES string of the molecule is [O]CCN1CCN(CCOCCOP(=O)(O)O)CC1. The van der Waals surface area contributed by atoms with Crippen LogP contribution in [0.4, 0.5) is 0 Å². The average Bonchev–Trinajstić information content (AvgIpc) is 2.35. The summed E-state index contributed by atoms with van der Waals surface area (Å²) in [4.78, 5) is 21.3. The summed E-state index contributed by atoms with van der Waals surface area (Å²) in [5.74, 6) is 0. The molecule has 9 heteroatoms. The molecule has 1 saturated heterocycles. The van der Waals surface area contributed by atoms with E-state index in [2.05, 4.69) is 14.3 Å². The smallest absolute Gasteiger partial charge is 0.378 e. The third kappa shape index (κ3) is 8.67. The topological polar surface area (TPSA) is 102 Å². The second kappa shape index (κ2) is 8.99. The van der Waals surface area contributed by atoms with Gasteiger partial charge in [-0.1, -0.05) is 0 Å². The van der Waals surface area contributed by atoms with Crippen molar-refractivity contribution in [3.8, 4) is 0 Å². The van der Waals surface area contributed by atoms with Crippen LogP contribution in [-0.4, -0.2) is 85.3 Å². The molecule has 0 spiro atoms. The summed E-state index contributed by atoms with van der Waals surface area (Å²) >= 11 is 0. The minimum atomic E-state index is -4.38. The third-order valence-corrected chi connectivity index (χ3v) is 3.43. The lowest BCUT2D eigenvalue weighted by molar-refractivity contribution is 0.0495. The van der Waals surface area contributed by atoms with Crippen molar-refractivity contribution in [3.05, 3.63) is 0 Å². The van der Waals surface area contributed by atoms with E-state index in [0.29, 0.717) is 13.2 Å². The molecule has 0 bridgehead atoms. The van der Waals surface area contributed by atoms with Crippen LogP contribution in [0.3, 0.4) is 0 Å². The molecule has 0 saturated carbocycles. The summed E-state index contributed by atoms with van der Waals surface area (Å²) in [5, 5.41) is 10.5. The maximum atomic E-state index is 10.5. The normalized spacial score (nSPS) is 18.9. The fourth-order valence-corrected chi connectivity index (χ4v) is 2.19.